The van der Waals surface area contributed by atoms with Gasteiger partial charge < -0.3 is 5.32 Å². The molecule has 1 unspecified atom stereocenters. The summed E-state index contributed by atoms with van der Waals surface area (Å²) in [4.78, 5) is 25.7. The van der Waals surface area contributed by atoms with Crippen LogP contribution in [0.1, 0.15) is 25.5 Å². The highest BCUT2D eigenvalue weighted by atomic mass is 35.5. The normalized spacial score (nSPS) is 13.7. The number of benzene rings is 1. The molecule has 0 bridgehead atoms. The number of halogens is 1. The molecule has 3 aromatic rings. The first-order valence-electron chi connectivity index (χ1n) is 8.09. The molecule has 0 aliphatic heterocycles. The number of aromatic nitrogens is 4. The van der Waals surface area contributed by atoms with Crippen LogP contribution in [0.2, 0.25) is 5.28 Å². The van der Waals surface area contributed by atoms with Gasteiger partial charge in [0, 0.05) is 17.5 Å². The summed E-state index contributed by atoms with van der Waals surface area (Å²) in [5.74, 6) is 3.64. The van der Waals surface area contributed by atoms with Gasteiger partial charge in [0.05, 0.1) is 15.9 Å². The van der Waals surface area contributed by atoms with Crippen molar-refractivity contribution in [2.75, 3.05) is 5.32 Å². The van der Waals surface area contributed by atoms with E-state index in [4.69, 9.17) is 16.7 Å². The summed E-state index contributed by atoms with van der Waals surface area (Å²) in [5, 5.41) is 8.62. The molecule has 0 amide bonds. The molecular formula is C17H19ClN6O2S. The Morgan fingerprint density at radius 2 is 1.96 bits per heavy atom. The van der Waals surface area contributed by atoms with E-state index >= 15 is 0 Å². The Bertz CT molecular complexity index is 1160. The summed E-state index contributed by atoms with van der Waals surface area (Å²) in [6.45, 7) is 4.11. The van der Waals surface area contributed by atoms with Crippen LogP contribution >= 0.6 is 11.6 Å². The maximum absolute atomic E-state index is 12.8. The molecule has 8 nitrogen and oxygen atoms in total. The van der Waals surface area contributed by atoms with Gasteiger partial charge in [-0.15, -0.1) is 0 Å². The molecule has 27 heavy (non-hydrogen) atoms. The highest BCUT2D eigenvalue weighted by Gasteiger charge is 2.15. The lowest BCUT2D eigenvalue weighted by Crippen LogP contribution is -2.27. The summed E-state index contributed by atoms with van der Waals surface area (Å²) < 4.78 is 13.3. The average molecular weight is 407 g/mol. The fraction of sp³-hybridized carbons (Fsp3) is 0.235. The minimum absolute atomic E-state index is 0.0563. The number of hydrogen-bond donors (Lipinski definition) is 2. The van der Waals surface area contributed by atoms with E-state index in [0.717, 1.165) is 5.56 Å². The molecule has 2 aromatic heterocycles. The molecule has 0 aliphatic carbocycles. The number of nitrogens with one attached hydrogen (secondary N) is 1. The SMILES string of the molecule is C=S(N)(=O)c1ccc(CNc2nc3cnc(Cl)nc3n(C(C)C)c2=O)cc1. The fourth-order valence-corrected chi connectivity index (χ4v) is 3.32. The molecule has 3 N–H and O–H groups in total. The van der Waals surface area contributed by atoms with Gasteiger partial charge in [-0.2, -0.15) is 4.98 Å². The standard InChI is InChI=1S/C17H19ClN6O2S/c1-10(2)24-15-13(9-21-17(18)23-15)22-14(16(24)25)20-8-11-4-6-12(7-5-11)27(3,19)26/h4-7,9-10H,3,8H2,1-2H3,(H2,19,26)(H,20,22). The summed E-state index contributed by atoms with van der Waals surface area (Å²) >= 11 is 5.86. The first-order chi connectivity index (χ1) is 12.7. The highest BCUT2D eigenvalue weighted by Crippen LogP contribution is 2.16. The maximum atomic E-state index is 12.8. The van der Waals surface area contributed by atoms with Gasteiger partial charge in [0.1, 0.15) is 5.52 Å². The lowest BCUT2D eigenvalue weighted by molar-refractivity contribution is 0.593. The van der Waals surface area contributed by atoms with Crippen LogP contribution in [0.4, 0.5) is 5.82 Å². The summed E-state index contributed by atoms with van der Waals surface area (Å²) in [7, 11) is -2.75. The van der Waals surface area contributed by atoms with Crippen molar-refractivity contribution < 1.29 is 4.21 Å². The van der Waals surface area contributed by atoms with Crippen molar-refractivity contribution in [1.29, 1.82) is 0 Å². The van der Waals surface area contributed by atoms with Gasteiger partial charge in [-0.25, -0.2) is 14.2 Å². The summed E-state index contributed by atoms with van der Waals surface area (Å²) in [5.41, 5.74) is 1.42. The van der Waals surface area contributed by atoms with E-state index in [0.29, 0.717) is 22.6 Å². The maximum Gasteiger partial charge on any atom is 0.295 e. The smallest absolute Gasteiger partial charge is 0.295 e. The lowest BCUT2D eigenvalue weighted by Gasteiger charge is -2.15. The molecule has 0 aliphatic rings. The van der Waals surface area contributed by atoms with Crippen LogP contribution in [0.25, 0.3) is 11.2 Å². The van der Waals surface area contributed by atoms with E-state index in [-0.39, 0.29) is 22.7 Å². The quantitative estimate of drug-likeness (QED) is 0.494. The van der Waals surface area contributed by atoms with Gasteiger partial charge in [0.25, 0.3) is 5.56 Å². The van der Waals surface area contributed by atoms with E-state index in [2.05, 4.69) is 26.1 Å². The number of nitrogens with zero attached hydrogens (tertiary/aromatic N) is 4. The molecule has 0 fully saturated rings. The van der Waals surface area contributed by atoms with Crippen molar-refractivity contribution in [3.05, 3.63) is 51.7 Å². The monoisotopic (exact) mass is 406 g/mol. The van der Waals surface area contributed by atoms with Gasteiger partial charge in [0.2, 0.25) is 5.28 Å². The Labute approximate surface area is 161 Å². The predicted molar refractivity (Wildman–Crippen MR) is 108 cm³/mol. The van der Waals surface area contributed by atoms with Crippen LogP contribution < -0.4 is 16.0 Å². The van der Waals surface area contributed by atoms with Crippen molar-refractivity contribution in [2.45, 2.75) is 31.3 Å². The largest absolute Gasteiger partial charge is 0.361 e. The minimum Gasteiger partial charge on any atom is -0.361 e. The minimum atomic E-state index is -2.75. The predicted octanol–water partition coefficient (Wildman–Crippen LogP) is 1.98. The molecule has 1 atom stereocenters. The second-order valence-electron chi connectivity index (χ2n) is 6.30. The Morgan fingerprint density at radius 3 is 2.56 bits per heavy atom. The molecule has 142 valence electrons. The molecule has 1 aromatic carbocycles. The fourth-order valence-electron chi connectivity index (χ4n) is 2.60. The first-order valence-corrected chi connectivity index (χ1v) is 10.3. The molecule has 0 saturated carbocycles. The number of fused-ring (bicyclic) bond motifs is 1. The number of hydrogen-bond acceptors (Lipinski definition) is 6. The Morgan fingerprint density at radius 1 is 1.30 bits per heavy atom. The molecule has 0 saturated heterocycles. The Kier molecular flexibility index (Phi) is 5.18. The summed E-state index contributed by atoms with van der Waals surface area (Å²) in [6, 6.07) is 6.71. The molecule has 0 spiro atoms. The van der Waals surface area contributed by atoms with Gasteiger partial charge in [-0.1, -0.05) is 12.1 Å². The van der Waals surface area contributed by atoms with Crippen LogP contribution in [-0.4, -0.2) is 29.6 Å². The average Bonchev–Trinajstić information content (AvgIpc) is 2.59. The van der Waals surface area contributed by atoms with Gasteiger partial charge >= 0.3 is 0 Å². The van der Waals surface area contributed by atoms with E-state index in [9.17, 15) is 9.00 Å². The van der Waals surface area contributed by atoms with Crippen LogP contribution in [0.15, 0.2) is 40.2 Å². The van der Waals surface area contributed by atoms with Crippen molar-refractivity contribution in [2.24, 2.45) is 5.14 Å². The van der Waals surface area contributed by atoms with Gasteiger partial charge in [-0.05, 0) is 49.0 Å². The van der Waals surface area contributed by atoms with Crippen molar-refractivity contribution in [1.82, 2.24) is 19.5 Å². The Balaban J connectivity index is 1.94. The van der Waals surface area contributed by atoms with Crippen molar-refractivity contribution in [3.63, 3.8) is 0 Å². The second-order valence-corrected chi connectivity index (χ2v) is 8.56. The van der Waals surface area contributed by atoms with Crippen LogP contribution in [0, 0.1) is 0 Å². The zero-order chi connectivity index (χ0) is 19.8. The third-order valence-corrected chi connectivity index (χ3v) is 5.15. The van der Waals surface area contributed by atoms with E-state index in [1.807, 2.05) is 13.8 Å². The summed E-state index contributed by atoms with van der Waals surface area (Å²) in [6.07, 6.45) is 1.48. The zero-order valence-electron chi connectivity index (χ0n) is 14.8. The number of nitrogens with two attached hydrogens (primary N) is 1. The van der Waals surface area contributed by atoms with Crippen LogP contribution in [-0.2, 0) is 16.3 Å². The lowest BCUT2D eigenvalue weighted by atomic mass is 10.2. The number of rotatable bonds is 5. The van der Waals surface area contributed by atoms with Gasteiger partial charge in [0.15, 0.2) is 11.5 Å². The van der Waals surface area contributed by atoms with E-state index in [1.165, 1.54) is 10.8 Å². The van der Waals surface area contributed by atoms with E-state index < -0.39 is 9.71 Å². The van der Waals surface area contributed by atoms with Crippen molar-refractivity contribution >= 4 is 44.2 Å². The molecular weight excluding hydrogens is 388 g/mol. The molecule has 10 heteroatoms. The second kappa shape index (κ2) is 7.26. The van der Waals surface area contributed by atoms with E-state index in [1.54, 1.807) is 24.3 Å². The third kappa shape index (κ3) is 4.10. The molecule has 2 heterocycles. The number of anilines is 1. The first kappa shape index (κ1) is 19.3. The third-order valence-electron chi connectivity index (χ3n) is 3.90. The van der Waals surface area contributed by atoms with Crippen LogP contribution in [0.5, 0.6) is 0 Å². The van der Waals surface area contributed by atoms with Gasteiger partial charge in [-0.3, -0.25) is 14.5 Å². The van der Waals surface area contributed by atoms with Crippen LogP contribution in [0.3, 0.4) is 0 Å². The van der Waals surface area contributed by atoms with Crippen molar-refractivity contribution in [3.8, 4) is 0 Å². The highest BCUT2D eigenvalue weighted by molar-refractivity contribution is 7.98. The Hall–Kier alpha value is -2.49. The zero-order valence-corrected chi connectivity index (χ0v) is 16.4. The molecule has 0 radical (unpaired) electrons. The molecule has 3 rings (SSSR count). The topological polar surface area (TPSA) is 116 Å².